The fraction of sp³-hybridized carbons (Fsp3) is 0.278. The molecule has 0 spiro atoms. The molecular weight excluding hydrogens is 420 g/mol. The smallest absolute Gasteiger partial charge is 0.243 e. The Morgan fingerprint density at radius 2 is 1.73 bits per heavy atom. The van der Waals surface area contributed by atoms with Crippen molar-refractivity contribution < 1.29 is 18.3 Å². The summed E-state index contributed by atoms with van der Waals surface area (Å²) in [5.41, 5.74) is 0.774. The monoisotopic (exact) mass is 440 g/mol. The number of aliphatic hydroxyl groups excluding tert-OH is 1. The summed E-state index contributed by atoms with van der Waals surface area (Å²) in [5, 5.41) is 11.4. The SMILES string of the molecule is O=C(CN(Cc1ccc(Br)cc1)S(=O)(=O)c1ccccc1)NCCCO. The average Bonchev–Trinajstić information content (AvgIpc) is 2.64. The van der Waals surface area contributed by atoms with Crippen LogP contribution in [0.4, 0.5) is 0 Å². The molecule has 1 amide bonds. The number of amides is 1. The molecule has 140 valence electrons. The van der Waals surface area contributed by atoms with Gasteiger partial charge in [-0.25, -0.2) is 8.42 Å². The Morgan fingerprint density at radius 1 is 1.08 bits per heavy atom. The van der Waals surface area contributed by atoms with E-state index in [4.69, 9.17) is 5.11 Å². The molecule has 6 nitrogen and oxygen atoms in total. The molecule has 0 aliphatic rings. The van der Waals surface area contributed by atoms with Crippen molar-refractivity contribution in [3.63, 3.8) is 0 Å². The summed E-state index contributed by atoms with van der Waals surface area (Å²) in [6.07, 6.45) is 0.421. The summed E-state index contributed by atoms with van der Waals surface area (Å²) >= 11 is 3.35. The number of nitrogens with one attached hydrogen (secondary N) is 1. The van der Waals surface area contributed by atoms with Crippen LogP contribution in [0.1, 0.15) is 12.0 Å². The molecule has 0 unspecified atom stereocenters. The molecule has 0 radical (unpaired) electrons. The summed E-state index contributed by atoms with van der Waals surface area (Å²) in [4.78, 5) is 12.3. The first-order chi connectivity index (χ1) is 12.4. The lowest BCUT2D eigenvalue weighted by Crippen LogP contribution is -2.40. The molecular formula is C18H21BrN2O4S. The van der Waals surface area contributed by atoms with Crippen LogP contribution in [0.25, 0.3) is 0 Å². The van der Waals surface area contributed by atoms with Crippen LogP contribution in [0.2, 0.25) is 0 Å². The number of carbonyl (C=O) groups excluding carboxylic acids is 1. The van der Waals surface area contributed by atoms with Gasteiger partial charge in [-0.3, -0.25) is 4.79 Å². The van der Waals surface area contributed by atoms with Crippen molar-refractivity contribution in [2.75, 3.05) is 19.7 Å². The standard InChI is InChI=1S/C18H21BrN2O4S/c19-16-9-7-15(8-10-16)13-21(14-18(23)20-11-4-12-22)26(24,25)17-5-2-1-3-6-17/h1-3,5-10,22H,4,11-14H2,(H,20,23). The van der Waals surface area contributed by atoms with E-state index >= 15 is 0 Å². The Hall–Kier alpha value is -1.74. The summed E-state index contributed by atoms with van der Waals surface area (Å²) in [6.45, 7) is 0.0503. The minimum absolute atomic E-state index is 0.0365. The fourth-order valence-corrected chi connectivity index (χ4v) is 3.95. The molecule has 0 saturated heterocycles. The van der Waals surface area contributed by atoms with Gasteiger partial charge in [-0.1, -0.05) is 46.3 Å². The van der Waals surface area contributed by atoms with E-state index in [0.29, 0.717) is 13.0 Å². The van der Waals surface area contributed by atoms with E-state index in [1.807, 2.05) is 12.1 Å². The molecule has 2 aromatic rings. The highest BCUT2D eigenvalue weighted by Crippen LogP contribution is 2.19. The summed E-state index contributed by atoms with van der Waals surface area (Å²) < 4.78 is 28.0. The normalized spacial score (nSPS) is 11.5. The Kier molecular flexibility index (Phi) is 7.77. The number of halogens is 1. The number of rotatable bonds is 9. The van der Waals surface area contributed by atoms with Gasteiger partial charge in [-0.05, 0) is 36.2 Å². The molecule has 0 heterocycles. The lowest BCUT2D eigenvalue weighted by Gasteiger charge is -2.22. The number of sulfonamides is 1. The average molecular weight is 441 g/mol. The second-order valence-corrected chi connectivity index (χ2v) is 8.49. The van der Waals surface area contributed by atoms with Gasteiger partial charge < -0.3 is 10.4 Å². The van der Waals surface area contributed by atoms with Crippen molar-refractivity contribution in [1.29, 1.82) is 0 Å². The maximum atomic E-state index is 13.0. The largest absolute Gasteiger partial charge is 0.396 e. The van der Waals surface area contributed by atoms with Gasteiger partial charge in [0, 0.05) is 24.2 Å². The third-order valence-electron chi connectivity index (χ3n) is 3.63. The topological polar surface area (TPSA) is 86.7 Å². The molecule has 2 N–H and O–H groups in total. The van der Waals surface area contributed by atoms with Crippen LogP contribution in [-0.4, -0.2) is 43.4 Å². The van der Waals surface area contributed by atoms with Crippen LogP contribution in [-0.2, 0) is 21.4 Å². The summed E-state index contributed by atoms with van der Waals surface area (Å²) in [6, 6.07) is 15.3. The molecule has 0 bridgehead atoms. The van der Waals surface area contributed by atoms with E-state index in [1.165, 1.54) is 12.1 Å². The zero-order chi connectivity index (χ0) is 19.0. The minimum atomic E-state index is -3.82. The van der Waals surface area contributed by atoms with Crippen molar-refractivity contribution in [3.05, 3.63) is 64.6 Å². The van der Waals surface area contributed by atoms with Crippen molar-refractivity contribution in [3.8, 4) is 0 Å². The highest BCUT2D eigenvalue weighted by Gasteiger charge is 2.26. The quantitative estimate of drug-likeness (QED) is 0.584. The summed E-state index contributed by atoms with van der Waals surface area (Å²) in [5.74, 6) is -0.407. The molecule has 0 atom stereocenters. The van der Waals surface area contributed by atoms with Crippen molar-refractivity contribution in [2.24, 2.45) is 0 Å². The Balaban J connectivity index is 2.23. The first kappa shape index (κ1) is 20.6. The first-order valence-electron chi connectivity index (χ1n) is 8.10. The zero-order valence-electron chi connectivity index (χ0n) is 14.1. The van der Waals surface area contributed by atoms with E-state index in [9.17, 15) is 13.2 Å². The Labute approximate surface area is 162 Å². The number of aliphatic hydroxyl groups is 1. The van der Waals surface area contributed by atoms with Gasteiger partial charge in [0.05, 0.1) is 11.4 Å². The highest BCUT2D eigenvalue weighted by atomic mass is 79.9. The Bertz CT molecular complexity index is 811. The molecule has 8 heteroatoms. The van der Waals surface area contributed by atoms with Gasteiger partial charge in [0.2, 0.25) is 15.9 Å². The van der Waals surface area contributed by atoms with E-state index < -0.39 is 15.9 Å². The fourth-order valence-electron chi connectivity index (χ4n) is 2.28. The predicted molar refractivity (Wildman–Crippen MR) is 103 cm³/mol. The third-order valence-corrected chi connectivity index (χ3v) is 5.96. The van der Waals surface area contributed by atoms with Crippen LogP contribution >= 0.6 is 15.9 Å². The van der Waals surface area contributed by atoms with Crippen LogP contribution in [0.5, 0.6) is 0 Å². The van der Waals surface area contributed by atoms with Crippen LogP contribution in [0.3, 0.4) is 0 Å². The van der Waals surface area contributed by atoms with E-state index in [-0.39, 0.29) is 24.6 Å². The van der Waals surface area contributed by atoms with Gasteiger partial charge in [0.1, 0.15) is 0 Å². The van der Waals surface area contributed by atoms with Gasteiger partial charge in [-0.15, -0.1) is 0 Å². The Morgan fingerprint density at radius 3 is 2.35 bits per heavy atom. The van der Waals surface area contributed by atoms with Gasteiger partial charge in [0.25, 0.3) is 0 Å². The predicted octanol–water partition coefficient (Wildman–Crippen LogP) is 2.14. The second-order valence-electron chi connectivity index (χ2n) is 5.64. The molecule has 0 aromatic heterocycles. The molecule has 0 aliphatic carbocycles. The van der Waals surface area contributed by atoms with Crippen LogP contribution < -0.4 is 5.32 Å². The number of carbonyl (C=O) groups is 1. The molecule has 2 rings (SSSR count). The van der Waals surface area contributed by atoms with E-state index in [1.54, 1.807) is 30.3 Å². The number of benzene rings is 2. The second kappa shape index (κ2) is 9.82. The molecule has 0 aliphatic heterocycles. The van der Waals surface area contributed by atoms with Crippen LogP contribution in [0, 0.1) is 0 Å². The van der Waals surface area contributed by atoms with Crippen molar-refractivity contribution >= 4 is 31.9 Å². The van der Waals surface area contributed by atoms with Crippen molar-refractivity contribution in [1.82, 2.24) is 9.62 Å². The van der Waals surface area contributed by atoms with Gasteiger partial charge in [-0.2, -0.15) is 4.31 Å². The number of hydrogen-bond acceptors (Lipinski definition) is 4. The van der Waals surface area contributed by atoms with Gasteiger partial charge >= 0.3 is 0 Å². The maximum absolute atomic E-state index is 13.0. The zero-order valence-corrected chi connectivity index (χ0v) is 16.5. The number of nitrogens with zero attached hydrogens (tertiary/aromatic N) is 1. The molecule has 2 aromatic carbocycles. The van der Waals surface area contributed by atoms with E-state index in [2.05, 4.69) is 21.2 Å². The summed E-state index contributed by atoms with van der Waals surface area (Å²) in [7, 11) is -3.82. The third kappa shape index (κ3) is 5.91. The first-order valence-corrected chi connectivity index (χ1v) is 10.3. The molecule has 0 fully saturated rings. The highest BCUT2D eigenvalue weighted by molar-refractivity contribution is 9.10. The molecule has 0 saturated carbocycles. The maximum Gasteiger partial charge on any atom is 0.243 e. The minimum Gasteiger partial charge on any atom is -0.396 e. The van der Waals surface area contributed by atoms with Gasteiger partial charge in [0.15, 0.2) is 0 Å². The molecule has 26 heavy (non-hydrogen) atoms. The number of hydrogen-bond donors (Lipinski definition) is 2. The lowest BCUT2D eigenvalue weighted by molar-refractivity contribution is -0.121. The van der Waals surface area contributed by atoms with E-state index in [0.717, 1.165) is 14.3 Å². The van der Waals surface area contributed by atoms with Crippen LogP contribution in [0.15, 0.2) is 64.0 Å². The van der Waals surface area contributed by atoms with Crippen molar-refractivity contribution in [2.45, 2.75) is 17.9 Å². The lowest BCUT2D eigenvalue weighted by atomic mass is 10.2.